The SMILES string of the molecule is CNCCCN(C)S(=O)(=O)NCc1cnn(C)c1C. The van der Waals surface area contributed by atoms with Crippen LogP contribution in [0, 0.1) is 6.92 Å². The number of hydrogen-bond acceptors (Lipinski definition) is 4. The molecule has 0 radical (unpaired) electrons. The number of aromatic nitrogens is 2. The van der Waals surface area contributed by atoms with E-state index < -0.39 is 10.2 Å². The smallest absolute Gasteiger partial charge is 0.279 e. The van der Waals surface area contributed by atoms with Crippen LogP contribution in [0.15, 0.2) is 6.20 Å². The van der Waals surface area contributed by atoms with Crippen molar-refractivity contribution >= 4 is 10.2 Å². The second-order valence-corrected chi connectivity index (χ2v) is 6.35. The molecule has 0 aromatic carbocycles. The summed E-state index contributed by atoms with van der Waals surface area (Å²) >= 11 is 0. The van der Waals surface area contributed by atoms with Crippen molar-refractivity contribution in [3.8, 4) is 0 Å². The molecule has 2 N–H and O–H groups in total. The molecule has 1 aromatic rings. The maximum absolute atomic E-state index is 12.0. The Morgan fingerprint density at radius 1 is 1.47 bits per heavy atom. The second-order valence-electron chi connectivity index (χ2n) is 4.48. The Bertz CT molecular complexity index is 497. The van der Waals surface area contributed by atoms with Gasteiger partial charge in [-0.15, -0.1) is 0 Å². The molecule has 1 heterocycles. The molecule has 0 aliphatic heterocycles. The first-order valence-electron chi connectivity index (χ1n) is 6.21. The van der Waals surface area contributed by atoms with Crippen molar-refractivity contribution in [3.05, 3.63) is 17.5 Å². The molecule has 7 nitrogen and oxygen atoms in total. The van der Waals surface area contributed by atoms with Crippen molar-refractivity contribution in [2.75, 3.05) is 27.2 Å². The molecule has 1 rings (SSSR count). The van der Waals surface area contributed by atoms with Crippen LogP contribution in [-0.2, 0) is 23.8 Å². The topological polar surface area (TPSA) is 79.3 Å². The van der Waals surface area contributed by atoms with E-state index in [0.29, 0.717) is 6.54 Å². The van der Waals surface area contributed by atoms with Crippen LogP contribution < -0.4 is 10.0 Å². The van der Waals surface area contributed by atoms with Gasteiger partial charge in [-0.3, -0.25) is 4.68 Å². The highest BCUT2D eigenvalue weighted by atomic mass is 32.2. The zero-order valence-corrected chi connectivity index (χ0v) is 12.8. The molecular weight excluding hydrogens is 266 g/mol. The predicted molar refractivity (Wildman–Crippen MR) is 74.9 cm³/mol. The predicted octanol–water partition coefficient (Wildman–Crippen LogP) is -0.396. The van der Waals surface area contributed by atoms with Gasteiger partial charge in [-0.05, 0) is 26.9 Å². The van der Waals surface area contributed by atoms with Gasteiger partial charge < -0.3 is 5.32 Å². The van der Waals surface area contributed by atoms with Gasteiger partial charge in [0.25, 0.3) is 10.2 Å². The van der Waals surface area contributed by atoms with Crippen molar-refractivity contribution in [3.63, 3.8) is 0 Å². The van der Waals surface area contributed by atoms with Gasteiger partial charge in [-0.1, -0.05) is 0 Å². The van der Waals surface area contributed by atoms with Gasteiger partial charge in [-0.2, -0.15) is 22.5 Å². The summed E-state index contributed by atoms with van der Waals surface area (Å²) in [5, 5.41) is 7.07. The van der Waals surface area contributed by atoms with Crippen molar-refractivity contribution in [1.82, 2.24) is 24.1 Å². The monoisotopic (exact) mass is 289 g/mol. The lowest BCUT2D eigenvalue weighted by Gasteiger charge is -2.17. The van der Waals surface area contributed by atoms with Crippen LogP contribution in [0.2, 0.25) is 0 Å². The molecule has 1 aromatic heterocycles. The standard InChI is InChI=1S/C11H23N5O2S/c1-10-11(8-13-16(10)4)9-14-19(17,18)15(3)7-5-6-12-2/h8,12,14H,5-7,9H2,1-4H3. The first-order valence-corrected chi connectivity index (χ1v) is 7.65. The van der Waals surface area contributed by atoms with Crippen LogP contribution in [0.5, 0.6) is 0 Å². The van der Waals surface area contributed by atoms with Gasteiger partial charge in [0.1, 0.15) is 0 Å². The molecule has 0 fully saturated rings. The minimum Gasteiger partial charge on any atom is -0.320 e. The second kappa shape index (κ2) is 6.99. The first kappa shape index (κ1) is 16.1. The lowest BCUT2D eigenvalue weighted by molar-refractivity contribution is 0.447. The third-order valence-corrected chi connectivity index (χ3v) is 4.60. The van der Waals surface area contributed by atoms with Gasteiger partial charge >= 0.3 is 0 Å². The van der Waals surface area contributed by atoms with E-state index in [0.717, 1.165) is 24.2 Å². The first-order chi connectivity index (χ1) is 8.88. The average molecular weight is 289 g/mol. The van der Waals surface area contributed by atoms with Crippen LogP contribution in [0.4, 0.5) is 0 Å². The Morgan fingerprint density at radius 3 is 2.68 bits per heavy atom. The van der Waals surface area contributed by atoms with E-state index in [1.807, 2.05) is 21.0 Å². The molecule has 0 saturated carbocycles. The Kier molecular flexibility index (Phi) is 5.92. The lowest BCUT2D eigenvalue weighted by atomic mass is 10.3. The fourth-order valence-corrected chi connectivity index (χ4v) is 2.52. The third kappa shape index (κ3) is 4.57. The molecule has 0 unspecified atom stereocenters. The molecule has 0 amide bonds. The van der Waals surface area contributed by atoms with E-state index in [9.17, 15) is 8.42 Å². The molecule has 0 saturated heterocycles. The van der Waals surface area contributed by atoms with E-state index in [-0.39, 0.29) is 6.54 Å². The van der Waals surface area contributed by atoms with Crippen molar-refractivity contribution in [2.24, 2.45) is 7.05 Å². The van der Waals surface area contributed by atoms with Crippen molar-refractivity contribution in [1.29, 1.82) is 0 Å². The number of nitrogens with one attached hydrogen (secondary N) is 2. The van der Waals surface area contributed by atoms with E-state index in [4.69, 9.17) is 0 Å². The highest BCUT2D eigenvalue weighted by molar-refractivity contribution is 7.87. The molecule has 8 heteroatoms. The summed E-state index contributed by atoms with van der Waals surface area (Å²) in [6, 6.07) is 0. The number of rotatable bonds is 8. The summed E-state index contributed by atoms with van der Waals surface area (Å²) in [5.74, 6) is 0. The summed E-state index contributed by atoms with van der Waals surface area (Å²) < 4.78 is 29.6. The number of aryl methyl sites for hydroxylation is 1. The molecule has 0 spiro atoms. The highest BCUT2D eigenvalue weighted by Gasteiger charge is 2.17. The molecule has 0 bridgehead atoms. The van der Waals surface area contributed by atoms with E-state index >= 15 is 0 Å². The van der Waals surface area contributed by atoms with Crippen LogP contribution in [0.25, 0.3) is 0 Å². The molecule has 0 aliphatic rings. The van der Waals surface area contributed by atoms with Crippen LogP contribution in [0.1, 0.15) is 17.7 Å². The summed E-state index contributed by atoms with van der Waals surface area (Å²) in [4.78, 5) is 0. The van der Waals surface area contributed by atoms with E-state index in [1.54, 1.807) is 17.9 Å². The minimum atomic E-state index is -3.43. The van der Waals surface area contributed by atoms with Crippen LogP contribution in [-0.4, -0.2) is 49.7 Å². The Balaban J connectivity index is 2.53. The van der Waals surface area contributed by atoms with Gasteiger partial charge in [-0.25, -0.2) is 0 Å². The number of nitrogens with zero attached hydrogens (tertiary/aromatic N) is 3. The lowest BCUT2D eigenvalue weighted by Crippen LogP contribution is -2.39. The fourth-order valence-electron chi connectivity index (χ4n) is 1.60. The Morgan fingerprint density at radius 2 is 2.16 bits per heavy atom. The molecule has 0 aliphatic carbocycles. The molecule has 0 atom stereocenters. The maximum atomic E-state index is 12.0. The van der Waals surface area contributed by atoms with E-state index in [1.165, 1.54) is 4.31 Å². The zero-order valence-electron chi connectivity index (χ0n) is 12.0. The molecule has 110 valence electrons. The largest absolute Gasteiger partial charge is 0.320 e. The quantitative estimate of drug-likeness (QED) is 0.639. The van der Waals surface area contributed by atoms with Gasteiger partial charge in [0.05, 0.1) is 6.20 Å². The van der Waals surface area contributed by atoms with Crippen molar-refractivity contribution in [2.45, 2.75) is 19.9 Å². The summed E-state index contributed by atoms with van der Waals surface area (Å²) in [6.45, 7) is 3.45. The van der Waals surface area contributed by atoms with Gasteiger partial charge in [0.2, 0.25) is 0 Å². The minimum absolute atomic E-state index is 0.262. The van der Waals surface area contributed by atoms with Gasteiger partial charge in [0.15, 0.2) is 0 Å². The maximum Gasteiger partial charge on any atom is 0.279 e. The number of hydrogen-bond donors (Lipinski definition) is 2. The Labute approximate surface area is 115 Å². The summed E-state index contributed by atoms with van der Waals surface area (Å²) in [5.41, 5.74) is 1.84. The van der Waals surface area contributed by atoms with E-state index in [2.05, 4.69) is 15.1 Å². The Hall–Kier alpha value is -0.960. The normalized spacial score (nSPS) is 12.3. The molecule has 19 heavy (non-hydrogen) atoms. The fraction of sp³-hybridized carbons (Fsp3) is 0.727. The average Bonchev–Trinajstić information content (AvgIpc) is 2.68. The van der Waals surface area contributed by atoms with Crippen LogP contribution in [0.3, 0.4) is 0 Å². The third-order valence-electron chi connectivity index (χ3n) is 3.09. The highest BCUT2D eigenvalue weighted by Crippen LogP contribution is 2.06. The van der Waals surface area contributed by atoms with Crippen molar-refractivity contribution < 1.29 is 8.42 Å². The van der Waals surface area contributed by atoms with Gasteiger partial charge in [0, 0.05) is 38.4 Å². The zero-order chi connectivity index (χ0) is 14.5. The van der Waals surface area contributed by atoms with Crippen LogP contribution >= 0.6 is 0 Å². The summed E-state index contributed by atoms with van der Waals surface area (Å²) in [7, 11) is 1.83. The summed E-state index contributed by atoms with van der Waals surface area (Å²) in [6.07, 6.45) is 2.46. The molecular formula is C11H23N5O2S.